The van der Waals surface area contributed by atoms with Gasteiger partial charge in [-0.15, -0.1) is 0 Å². The molecule has 1 aliphatic rings. The van der Waals surface area contributed by atoms with Gasteiger partial charge in [0.15, 0.2) is 5.78 Å². The second kappa shape index (κ2) is 4.23. The van der Waals surface area contributed by atoms with Gasteiger partial charge in [0.05, 0.1) is 5.69 Å². The van der Waals surface area contributed by atoms with Crippen molar-refractivity contribution in [3.63, 3.8) is 0 Å². The lowest BCUT2D eigenvalue weighted by molar-refractivity contribution is 0.0929. The Labute approximate surface area is 115 Å². The average Bonchev–Trinajstić information content (AvgIpc) is 2.68. The highest BCUT2D eigenvalue weighted by Gasteiger charge is 2.29. The van der Waals surface area contributed by atoms with E-state index in [9.17, 15) is 4.79 Å². The van der Waals surface area contributed by atoms with Crippen LogP contribution in [0.2, 0.25) is 0 Å². The first-order valence-electron chi connectivity index (χ1n) is 6.39. The summed E-state index contributed by atoms with van der Waals surface area (Å²) in [4.78, 5) is 15.5. The molecule has 1 aromatic heterocycles. The number of carbonyl (C=O) groups is 1. The summed E-state index contributed by atoms with van der Waals surface area (Å²) >= 11 is 3.51. The third-order valence-electron chi connectivity index (χ3n) is 4.00. The van der Waals surface area contributed by atoms with E-state index in [4.69, 9.17) is 0 Å². The highest BCUT2D eigenvalue weighted by molar-refractivity contribution is 9.10. The molecule has 1 N–H and O–H groups in total. The molecule has 94 valence electrons. The van der Waals surface area contributed by atoms with Crippen LogP contribution < -0.4 is 0 Å². The summed E-state index contributed by atoms with van der Waals surface area (Å²) in [6, 6.07) is 6.16. The molecule has 0 spiro atoms. The standard InChI is InChI=1S/C15H16BrNO/c1-8(2)9-5-12-11-7-10(16)3-4-13(11)17-15(12)14(18)6-9/h3-4,7-9,17H,5-6H2,1-2H3. The Morgan fingerprint density at radius 3 is 2.83 bits per heavy atom. The summed E-state index contributed by atoms with van der Waals surface area (Å²) in [5.41, 5.74) is 3.11. The molecule has 1 atom stereocenters. The number of nitrogens with one attached hydrogen (secondary N) is 1. The normalized spacial score (nSPS) is 19.6. The fraction of sp³-hybridized carbons (Fsp3) is 0.400. The molecule has 1 unspecified atom stereocenters. The molecule has 0 amide bonds. The van der Waals surface area contributed by atoms with Crippen LogP contribution in [-0.2, 0) is 6.42 Å². The zero-order valence-electron chi connectivity index (χ0n) is 10.6. The molecule has 0 fully saturated rings. The minimum atomic E-state index is 0.266. The van der Waals surface area contributed by atoms with Crippen LogP contribution in [0, 0.1) is 11.8 Å². The number of H-pyrrole nitrogens is 1. The van der Waals surface area contributed by atoms with Crippen molar-refractivity contribution in [1.29, 1.82) is 0 Å². The number of hydrogen-bond donors (Lipinski definition) is 1. The maximum absolute atomic E-state index is 12.2. The van der Waals surface area contributed by atoms with E-state index in [1.807, 2.05) is 12.1 Å². The Hall–Kier alpha value is -1.09. The quantitative estimate of drug-likeness (QED) is 0.835. The summed E-state index contributed by atoms with van der Waals surface area (Å²) < 4.78 is 1.07. The van der Waals surface area contributed by atoms with Crippen molar-refractivity contribution >= 4 is 32.6 Å². The number of halogens is 1. The van der Waals surface area contributed by atoms with E-state index in [0.717, 1.165) is 22.1 Å². The van der Waals surface area contributed by atoms with E-state index in [2.05, 4.69) is 40.8 Å². The van der Waals surface area contributed by atoms with Crippen molar-refractivity contribution < 1.29 is 4.79 Å². The molecule has 1 heterocycles. The van der Waals surface area contributed by atoms with Gasteiger partial charge in [-0.2, -0.15) is 0 Å². The van der Waals surface area contributed by atoms with Crippen LogP contribution in [0.15, 0.2) is 22.7 Å². The number of hydrogen-bond acceptors (Lipinski definition) is 1. The Morgan fingerprint density at radius 2 is 2.11 bits per heavy atom. The van der Waals surface area contributed by atoms with Gasteiger partial charge in [-0.3, -0.25) is 4.79 Å². The number of rotatable bonds is 1. The minimum absolute atomic E-state index is 0.266. The summed E-state index contributed by atoms with van der Waals surface area (Å²) in [7, 11) is 0. The summed E-state index contributed by atoms with van der Waals surface area (Å²) in [5.74, 6) is 1.30. The van der Waals surface area contributed by atoms with E-state index < -0.39 is 0 Å². The lowest BCUT2D eigenvalue weighted by Crippen LogP contribution is -2.23. The zero-order chi connectivity index (χ0) is 12.9. The van der Waals surface area contributed by atoms with E-state index >= 15 is 0 Å². The first-order valence-corrected chi connectivity index (χ1v) is 7.19. The van der Waals surface area contributed by atoms with Gasteiger partial charge in [0.1, 0.15) is 0 Å². The second-order valence-electron chi connectivity index (χ2n) is 5.50. The molecule has 3 heteroatoms. The van der Waals surface area contributed by atoms with Crippen molar-refractivity contribution in [1.82, 2.24) is 4.98 Å². The van der Waals surface area contributed by atoms with Gasteiger partial charge < -0.3 is 4.98 Å². The van der Waals surface area contributed by atoms with Crippen molar-refractivity contribution in [3.05, 3.63) is 33.9 Å². The topological polar surface area (TPSA) is 32.9 Å². The van der Waals surface area contributed by atoms with Crippen LogP contribution in [0.5, 0.6) is 0 Å². The predicted octanol–water partition coefficient (Wildman–Crippen LogP) is 4.33. The highest BCUT2D eigenvalue weighted by atomic mass is 79.9. The molecular formula is C15H16BrNO. The van der Waals surface area contributed by atoms with Crippen LogP contribution >= 0.6 is 15.9 Å². The first-order chi connectivity index (χ1) is 8.56. The molecule has 2 nitrogen and oxygen atoms in total. The molecule has 1 aliphatic carbocycles. The number of fused-ring (bicyclic) bond motifs is 3. The van der Waals surface area contributed by atoms with Gasteiger partial charge in [-0.05, 0) is 42.0 Å². The zero-order valence-corrected chi connectivity index (χ0v) is 12.2. The molecule has 0 saturated carbocycles. The Morgan fingerprint density at radius 1 is 1.33 bits per heavy atom. The number of benzene rings is 1. The predicted molar refractivity (Wildman–Crippen MR) is 77.0 cm³/mol. The van der Waals surface area contributed by atoms with E-state index in [-0.39, 0.29) is 5.78 Å². The third-order valence-corrected chi connectivity index (χ3v) is 4.50. The average molecular weight is 306 g/mol. The molecular weight excluding hydrogens is 290 g/mol. The smallest absolute Gasteiger partial charge is 0.179 e. The molecule has 3 rings (SSSR count). The highest BCUT2D eigenvalue weighted by Crippen LogP contribution is 2.35. The van der Waals surface area contributed by atoms with Crippen molar-refractivity contribution in [2.45, 2.75) is 26.7 Å². The Bertz CT molecular complexity index is 627. The monoisotopic (exact) mass is 305 g/mol. The molecule has 0 radical (unpaired) electrons. The fourth-order valence-electron chi connectivity index (χ4n) is 2.82. The molecule has 2 aromatic rings. The SMILES string of the molecule is CC(C)C1CC(=O)c2[nH]c3ccc(Br)cc3c2C1. The largest absolute Gasteiger partial charge is 0.352 e. The minimum Gasteiger partial charge on any atom is -0.352 e. The van der Waals surface area contributed by atoms with E-state index in [0.29, 0.717) is 18.3 Å². The van der Waals surface area contributed by atoms with Gasteiger partial charge in [0, 0.05) is 21.8 Å². The molecule has 18 heavy (non-hydrogen) atoms. The van der Waals surface area contributed by atoms with Gasteiger partial charge >= 0.3 is 0 Å². The Balaban J connectivity index is 2.18. The third kappa shape index (κ3) is 1.81. The van der Waals surface area contributed by atoms with E-state index in [1.165, 1.54) is 10.9 Å². The van der Waals surface area contributed by atoms with Gasteiger partial charge in [-0.1, -0.05) is 29.8 Å². The van der Waals surface area contributed by atoms with Crippen LogP contribution in [0.25, 0.3) is 10.9 Å². The number of Topliss-reactive ketones (excluding diaryl/α,β-unsaturated/α-hetero) is 1. The Kier molecular flexibility index (Phi) is 2.81. The van der Waals surface area contributed by atoms with Crippen molar-refractivity contribution in [3.8, 4) is 0 Å². The summed E-state index contributed by atoms with van der Waals surface area (Å²) in [6.07, 6.45) is 1.69. The number of carbonyl (C=O) groups excluding carboxylic acids is 1. The van der Waals surface area contributed by atoms with Crippen LogP contribution in [0.4, 0.5) is 0 Å². The lowest BCUT2D eigenvalue weighted by atomic mass is 9.79. The fourth-order valence-corrected chi connectivity index (χ4v) is 3.18. The van der Waals surface area contributed by atoms with Crippen molar-refractivity contribution in [2.24, 2.45) is 11.8 Å². The molecule has 0 bridgehead atoms. The summed E-state index contributed by atoms with van der Waals surface area (Å²) in [6.45, 7) is 4.40. The van der Waals surface area contributed by atoms with E-state index in [1.54, 1.807) is 0 Å². The maximum Gasteiger partial charge on any atom is 0.179 e. The van der Waals surface area contributed by atoms with Gasteiger partial charge in [0.25, 0.3) is 0 Å². The van der Waals surface area contributed by atoms with Crippen LogP contribution in [-0.4, -0.2) is 10.8 Å². The first kappa shape index (κ1) is 12.0. The van der Waals surface area contributed by atoms with Crippen LogP contribution in [0.3, 0.4) is 0 Å². The summed E-state index contributed by atoms with van der Waals surface area (Å²) in [5, 5.41) is 1.19. The molecule has 0 saturated heterocycles. The van der Waals surface area contributed by atoms with Crippen molar-refractivity contribution in [2.75, 3.05) is 0 Å². The number of aromatic amines is 1. The van der Waals surface area contributed by atoms with Gasteiger partial charge in [0.2, 0.25) is 0 Å². The molecule has 0 aliphatic heterocycles. The second-order valence-corrected chi connectivity index (χ2v) is 6.42. The number of aromatic nitrogens is 1. The van der Waals surface area contributed by atoms with Gasteiger partial charge in [-0.25, -0.2) is 0 Å². The maximum atomic E-state index is 12.2. The number of ketones is 1. The van der Waals surface area contributed by atoms with Crippen LogP contribution in [0.1, 0.15) is 36.3 Å². The molecule has 1 aromatic carbocycles. The lowest BCUT2D eigenvalue weighted by Gasteiger charge is -2.24.